The Labute approximate surface area is 117 Å². The highest BCUT2D eigenvalue weighted by atomic mass is 35.5. The fourth-order valence-electron chi connectivity index (χ4n) is 2.37. The molecule has 1 aliphatic heterocycles. The van der Waals surface area contributed by atoms with Crippen LogP contribution in [0.4, 0.5) is 0 Å². The number of aromatic nitrogens is 1. The Kier molecular flexibility index (Phi) is 3.83. The van der Waals surface area contributed by atoms with Crippen molar-refractivity contribution in [3.63, 3.8) is 0 Å². The highest BCUT2D eigenvalue weighted by Crippen LogP contribution is 2.29. The average molecular weight is 287 g/mol. The number of hydrogen-bond acceptors (Lipinski definition) is 2. The van der Waals surface area contributed by atoms with E-state index in [0.717, 1.165) is 25.9 Å². The first-order chi connectivity index (χ1) is 8.37. The summed E-state index contributed by atoms with van der Waals surface area (Å²) < 4.78 is 0. The molecule has 1 saturated heterocycles. The summed E-state index contributed by atoms with van der Waals surface area (Å²) >= 11 is 11.6. The van der Waals surface area contributed by atoms with E-state index in [2.05, 4.69) is 18.8 Å². The van der Waals surface area contributed by atoms with E-state index >= 15 is 0 Å². The summed E-state index contributed by atoms with van der Waals surface area (Å²) in [5.74, 6) is -0.0195. The largest absolute Gasteiger partial charge is 0.338 e. The third kappa shape index (κ3) is 3.15. The van der Waals surface area contributed by atoms with Gasteiger partial charge in [0.25, 0.3) is 5.91 Å². The first-order valence-corrected chi connectivity index (χ1v) is 6.75. The maximum atomic E-state index is 12.4. The highest BCUT2D eigenvalue weighted by molar-refractivity contribution is 6.33. The van der Waals surface area contributed by atoms with Crippen LogP contribution >= 0.6 is 23.2 Å². The minimum Gasteiger partial charge on any atom is -0.338 e. The predicted octanol–water partition coefficient (Wildman–Crippen LogP) is 3.65. The molecule has 0 radical (unpaired) electrons. The van der Waals surface area contributed by atoms with Gasteiger partial charge in [0.2, 0.25) is 0 Å². The molecule has 0 aliphatic carbocycles. The summed E-state index contributed by atoms with van der Waals surface area (Å²) in [5, 5.41) is 0.504. The van der Waals surface area contributed by atoms with Gasteiger partial charge in [-0.15, -0.1) is 0 Å². The first-order valence-electron chi connectivity index (χ1n) is 6.00. The molecule has 0 aromatic carbocycles. The Morgan fingerprint density at radius 1 is 1.33 bits per heavy atom. The number of halogens is 2. The number of carbonyl (C=O) groups is 1. The van der Waals surface area contributed by atoms with E-state index in [-0.39, 0.29) is 21.6 Å². The molecular weight excluding hydrogens is 271 g/mol. The van der Waals surface area contributed by atoms with E-state index in [4.69, 9.17) is 23.2 Å². The molecule has 2 rings (SSSR count). The molecule has 98 valence electrons. The molecule has 1 fully saturated rings. The van der Waals surface area contributed by atoms with Gasteiger partial charge in [-0.3, -0.25) is 4.79 Å². The van der Waals surface area contributed by atoms with Crippen molar-refractivity contribution in [1.29, 1.82) is 0 Å². The summed E-state index contributed by atoms with van der Waals surface area (Å²) in [6.45, 7) is 5.92. The lowest BCUT2D eigenvalue weighted by Gasteiger charge is -2.38. The van der Waals surface area contributed by atoms with Crippen LogP contribution in [0.3, 0.4) is 0 Å². The van der Waals surface area contributed by atoms with Gasteiger partial charge < -0.3 is 4.90 Å². The van der Waals surface area contributed by atoms with Crippen LogP contribution in [0, 0.1) is 5.41 Å². The van der Waals surface area contributed by atoms with Gasteiger partial charge in [0, 0.05) is 18.7 Å². The van der Waals surface area contributed by atoms with Gasteiger partial charge in [-0.1, -0.05) is 37.0 Å². The van der Waals surface area contributed by atoms with E-state index in [1.165, 1.54) is 0 Å². The third-order valence-electron chi connectivity index (χ3n) is 3.20. The second-order valence-corrected chi connectivity index (χ2v) is 6.27. The van der Waals surface area contributed by atoms with Crippen LogP contribution in [0.15, 0.2) is 12.1 Å². The number of pyridine rings is 1. The Balaban J connectivity index is 2.20. The number of hydrogen-bond donors (Lipinski definition) is 0. The zero-order valence-electron chi connectivity index (χ0n) is 10.5. The Morgan fingerprint density at radius 2 is 1.94 bits per heavy atom. The number of amides is 1. The molecule has 18 heavy (non-hydrogen) atoms. The van der Waals surface area contributed by atoms with Crippen LogP contribution in [0.2, 0.25) is 10.3 Å². The molecule has 0 spiro atoms. The smallest absolute Gasteiger partial charge is 0.254 e. The maximum absolute atomic E-state index is 12.4. The second kappa shape index (κ2) is 5.06. The number of nitrogens with zero attached hydrogens (tertiary/aromatic N) is 2. The lowest BCUT2D eigenvalue weighted by Crippen LogP contribution is -2.43. The van der Waals surface area contributed by atoms with Crippen molar-refractivity contribution in [3.8, 4) is 0 Å². The SMILES string of the molecule is CC1(C)CCCN(C(=O)c2cc(Cl)nc(Cl)c2)C1. The van der Waals surface area contributed by atoms with Gasteiger partial charge in [-0.25, -0.2) is 4.98 Å². The van der Waals surface area contributed by atoms with Crippen LogP contribution in [0.25, 0.3) is 0 Å². The van der Waals surface area contributed by atoms with Gasteiger partial charge in [0.1, 0.15) is 10.3 Å². The maximum Gasteiger partial charge on any atom is 0.254 e. The number of likely N-dealkylation sites (tertiary alicyclic amines) is 1. The summed E-state index contributed by atoms with van der Waals surface area (Å²) in [4.78, 5) is 18.1. The molecule has 0 bridgehead atoms. The van der Waals surface area contributed by atoms with Crippen LogP contribution in [-0.4, -0.2) is 28.9 Å². The topological polar surface area (TPSA) is 33.2 Å². The van der Waals surface area contributed by atoms with Gasteiger partial charge in [0.15, 0.2) is 0 Å². The van der Waals surface area contributed by atoms with Gasteiger partial charge in [0.05, 0.1) is 0 Å². The Bertz CT molecular complexity index is 454. The van der Waals surface area contributed by atoms with E-state index < -0.39 is 0 Å². The molecule has 0 N–H and O–H groups in total. The summed E-state index contributed by atoms with van der Waals surface area (Å²) in [5.41, 5.74) is 0.687. The van der Waals surface area contributed by atoms with Gasteiger partial charge in [-0.05, 0) is 30.4 Å². The molecule has 1 aromatic rings. The van der Waals surface area contributed by atoms with Crippen LogP contribution in [-0.2, 0) is 0 Å². The minimum absolute atomic E-state index is 0.0195. The number of rotatable bonds is 1. The fraction of sp³-hybridized carbons (Fsp3) is 0.538. The van der Waals surface area contributed by atoms with E-state index in [9.17, 15) is 4.79 Å². The fourth-order valence-corrected chi connectivity index (χ4v) is 2.83. The van der Waals surface area contributed by atoms with Crippen molar-refractivity contribution >= 4 is 29.1 Å². The Hall–Kier alpha value is -0.800. The molecule has 2 heterocycles. The lowest BCUT2D eigenvalue weighted by molar-refractivity contribution is 0.0583. The Morgan fingerprint density at radius 3 is 2.50 bits per heavy atom. The molecule has 5 heteroatoms. The molecule has 1 aliphatic rings. The zero-order chi connectivity index (χ0) is 13.3. The molecule has 0 saturated carbocycles. The zero-order valence-corrected chi connectivity index (χ0v) is 12.1. The van der Waals surface area contributed by atoms with E-state index in [1.54, 1.807) is 12.1 Å². The predicted molar refractivity (Wildman–Crippen MR) is 73.2 cm³/mol. The second-order valence-electron chi connectivity index (χ2n) is 5.50. The summed E-state index contributed by atoms with van der Waals surface area (Å²) in [6.07, 6.45) is 2.18. The number of carbonyl (C=O) groups excluding carboxylic acids is 1. The monoisotopic (exact) mass is 286 g/mol. The molecule has 1 amide bonds. The molecule has 3 nitrogen and oxygen atoms in total. The first kappa shape index (κ1) is 13.6. The molecule has 1 aromatic heterocycles. The van der Waals surface area contributed by atoms with Crippen molar-refractivity contribution in [3.05, 3.63) is 28.0 Å². The minimum atomic E-state index is -0.0195. The lowest BCUT2D eigenvalue weighted by atomic mass is 9.84. The van der Waals surface area contributed by atoms with Gasteiger partial charge >= 0.3 is 0 Å². The summed E-state index contributed by atoms with van der Waals surface area (Å²) in [7, 11) is 0. The third-order valence-corrected chi connectivity index (χ3v) is 3.58. The number of piperidine rings is 1. The van der Waals surface area contributed by atoms with Crippen molar-refractivity contribution < 1.29 is 4.79 Å². The standard InChI is InChI=1S/C13H16Cl2N2O/c1-13(2)4-3-5-17(8-13)12(18)9-6-10(14)16-11(15)7-9/h6-7H,3-5,8H2,1-2H3. The van der Waals surface area contributed by atoms with E-state index in [0.29, 0.717) is 5.56 Å². The van der Waals surface area contributed by atoms with Crippen LogP contribution in [0.5, 0.6) is 0 Å². The van der Waals surface area contributed by atoms with Crippen molar-refractivity contribution in [2.24, 2.45) is 5.41 Å². The van der Waals surface area contributed by atoms with E-state index in [1.807, 2.05) is 4.90 Å². The van der Waals surface area contributed by atoms with Crippen molar-refractivity contribution in [2.45, 2.75) is 26.7 Å². The molecular formula is C13H16Cl2N2O. The van der Waals surface area contributed by atoms with Crippen LogP contribution < -0.4 is 0 Å². The van der Waals surface area contributed by atoms with Crippen molar-refractivity contribution in [1.82, 2.24) is 9.88 Å². The molecule has 0 unspecified atom stereocenters. The molecule has 0 atom stereocenters. The van der Waals surface area contributed by atoms with Crippen LogP contribution in [0.1, 0.15) is 37.0 Å². The highest BCUT2D eigenvalue weighted by Gasteiger charge is 2.29. The quantitative estimate of drug-likeness (QED) is 0.739. The van der Waals surface area contributed by atoms with Gasteiger partial charge in [-0.2, -0.15) is 0 Å². The normalized spacial score (nSPS) is 18.8. The van der Waals surface area contributed by atoms with Crippen molar-refractivity contribution in [2.75, 3.05) is 13.1 Å². The summed E-state index contributed by atoms with van der Waals surface area (Å²) in [6, 6.07) is 3.13. The average Bonchev–Trinajstić information content (AvgIpc) is 2.25.